The summed E-state index contributed by atoms with van der Waals surface area (Å²) in [6.07, 6.45) is 2.43. The van der Waals surface area contributed by atoms with Crippen LogP contribution in [0.2, 0.25) is 0 Å². The first-order valence-corrected chi connectivity index (χ1v) is 6.43. The van der Waals surface area contributed by atoms with Gasteiger partial charge >= 0.3 is 0 Å². The zero-order valence-corrected chi connectivity index (χ0v) is 11.7. The highest BCUT2D eigenvalue weighted by Crippen LogP contribution is 2.36. The lowest BCUT2D eigenvalue weighted by Gasteiger charge is -2.42. The molecule has 1 aliphatic rings. The predicted octanol–water partition coefficient (Wildman–Crippen LogP) is 1.24. The zero-order valence-electron chi connectivity index (χ0n) is 11.7. The molecule has 0 aromatic carbocycles. The number of hydrogen-bond donors (Lipinski definition) is 1. The summed E-state index contributed by atoms with van der Waals surface area (Å²) < 4.78 is 0. The van der Waals surface area contributed by atoms with Crippen LogP contribution in [0.3, 0.4) is 0 Å². The Morgan fingerprint density at radius 3 is 2.44 bits per heavy atom. The van der Waals surface area contributed by atoms with Crippen molar-refractivity contribution in [3.8, 4) is 0 Å². The van der Waals surface area contributed by atoms with Crippen LogP contribution in [0.25, 0.3) is 0 Å². The Labute approximate surface area is 101 Å². The van der Waals surface area contributed by atoms with Crippen LogP contribution in [-0.4, -0.2) is 56.6 Å². The van der Waals surface area contributed by atoms with Crippen LogP contribution in [0.15, 0.2) is 0 Å². The fraction of sp³-hybridized carbons (Fsp3) is 1.00. The Bertz CT molecular complexity index is 213. The van der Waals surface area contributed by atoms with E-state index in [1.54, 1.807) is 0 Å². The number of nitrogens with two attached hydrogens (primary N) is 1. The average molecular weight is 227 g/mol. The third-order valence-corrected chi connectivity index (χ3v) is 4.02. The molecule has 1 rings (SSSR count). The first-order chi connectivity index (χ1) is 7.38. The van der Waals surface area contributed by atoms with Crippen LogP contribution < -0.4 is 5.73 Å². The summed E-state index contributed by atoms with van der Waals surface area (Å²) in [5.41, 5.74) is 6.06. The highest BCUT2D eigenvalue weighted by molar-refractivity contribution is 4.93. The van der Waals surface area contributed by atoms with Crippen molar-refractivity contribution in [2.45, 2.75) is 32.7 Å². The van der Waals surface area contributed by atoms with E-state index in [2.05, 4.69) is 44.8 Å². The molecule has 1 heterocycles. The van der Waals surface area contributed by atoms with Crippen LogP contribution in [0.1, 0.15) is 26.7 Å². The van der Waals surface area contributed by atoms with Gasteiger partial charge in [-0.25, -0.2) is 0 Å². The van der Waals surface area contributed by atoms with Crippen LogP contribution in [0.5, 0.6) is 0 Å². The molecule has 0 aromatic heterocycles. The van der Waals surface area contributed by atoms with Gasteiger partial charge in [0.25, 0.3) is 0 Å². The lowest BCUT2D eigenvalue weighted by molar-refractivity contribution is 0.0772. The predicted molar refractivity (Wildman–Crippen MR) is 70.5 cm³/mol. The van der Waals surface area contributed by atoms with Crippen LogP contribution in [-0.2, 0) is 0 Å². The molecule has 1 saturated heterocycles. The molecule has 0 aromatic rings. The van der Waals surface area contributed by atoms with Gasteiger partial charge in [-0.1, -0.05) is 13.8 Å². The van der Waals surface area contributed by atoms with Crippen molar-refractivity contribution in [1.82, 2.24) is 9.80 Å². The highest BCUT2D eigenvalue weighted by Gasteiger charge is 2.38. The van der Waals surface area contributed by atoms with Crippen molar-refractivity contribution in [1.29, 1.82) is 0 Å². The molecule has 2 N–H and O–H groups in total. The van der Waals surface area contributed by atoms with Crippen molar-refractivity contribution in [2.75, 3.05) is 40.8 Å². The molecule has 0 amide bonds. The normalized spacial score (nSPS) is 25.3. The average Bonchev–Trinajstić information content (AvgIpc) is 2.50. The van der Waals surface area contributed by atoms with Crippen molar-refractivity contribution in [3.05, 3.63) is 0 Å². The molecule has 3 heteroatoms. The van der Waals surface area contributed by atoms with Crippen molar-refractivity contribution in [2.24, 2.45) is 17.1 Å². The van der Waals surface area contributed by atoms with Crippen molar-refractivity contribution in [3.63, 3.8) is 0 Å². The Morgan fingerprint density at radius 1 is 1.44 bits per heavy atom. The lowest BCUT2D eigenvalue weighted by Crippen LogP contribution is -2.48. The van der Waals surface area contributed by atoms with E-state index in [-0.39, 0.29) is 0 Å². The summed E-state index contributed by atoms with van der Waals surface area (Å²) in [5.74, 6) is 0.793. The fourth-order valence-electron chi connectivity index (χ4n) is 3.51. The minimum Gasteiger partial charge on any atom is -0.330 e. The quantitative estimate of drug-likeness (QED) is 0.767. The fourth-order valence-corrected chi connectivity index (χ4v) is 3.51. The van der Waals surface area contributed by atoms with E-state index in [1.165, 1.54) is 19.5 Å². The van der Waals surface area contributed by atoms with Gasteiger partial charge in [0.1, 0.15) is 0 Å². The number of nitrogens with zero attached hydrogens (tertiary/aromatic N) is 2. The maximum atomic E-state index is 5.75. The molecule has 0 aliphatic carbocycles. The summed E-state index contributed by atoms with van der Waals surface area (Å²) >= 11 is 0. The Balaban J connectivity index is 2.74. The van der Waals surface area contributed by atoms with Gasteiger partial charge in [-0.15, -0.1) is 0 Å². The topological polar surface area (TPSA) is 32.5 Å². The second kappa shape index (κ2) is 5.48. The largest absolute Gasteiger partial charge is 0.330 e. The molecule has 16 heavy (non-hydrogen) atoms. The Morgan fingerprint density at radius 2 is 2.06 bits per heavy atom. The summed E-state index contributed by atoms with van der Waals surface area (Å²) in [5, 5.41) is 0. The summed E-state index contributed by atoms with van der Waals surface area (Å²) in [4.78, 5) is 4.85. The van der Waals surface area contributed by atoms with Crippen LogP contribution in [0.4, 0.5) is 0 Å². The summed E-state index contributed by atoms with van der Waals surface area (Å²) in [7, 11) is 6.64. The molecule has 0 spiro atoms. The molecular weight excluding hydrogens is 198 g/mol. The third-order valence-electron chi connectivity index (χ3n) is 4.02. The van der Waals surface area contributed by atoms with Gasteiger partial charge in [0, 0.05) is 12.6 Å². The van der Waals surface area contributed by atoms with Gasteiger partial charge in [-0.2, -0.15) is 0 Å². The van der Waals surface area contributed by atoms with E-state index in [4.69, 9.17) is 5.73 Å². The van der Waals surface area contributed by atoms with Gasteiger partial charge in [-0.05, 0) is 58.4 Å². The lowest BCUT2D eigenvalue weighted by atomic mass is 9.74. The van der Waals surface area contributed by atoms with E-state index in [0.29, 0.717) is 11.5 Å². The second-order valence-electron chi connectivity index (χ2n) is 6.25. The van der Waals surface area contributed by atoms with Crippen molar-refractivity contribution >= 4 is 0 Å². The minimum absolute atomic E-state index is 0.314. The van der Waals surface area contributed by atoms with Gasteiger partial charge in [0.2, 0.25) is 0 Å². The maximum absolute atomic E-state index is 5.75. The van der Waals surface area contributed by atoms with Gasteiger partial charge in [0.05, 0.1) is 0 Å². The van der Waals surface area contributed by atoms with Gasteiger partial charge in [0.15, 0.2) is 0 Å². The zero-order chi connectivity index (χ0) is 12.3. The molecule has 1 aliphatic heterocycles. The smallest absolute Gasteiger partial charge is 0.0182 e. The highest BCUT2D eigenvalue weighted by atomic mass is 15.2. The number of rotatable bonds is 5. The number of hydrogen-bond acceptors (Lipinski definition) is 3. The molecule has 1 fully saturated rings. The van der Waals surface area contributed by atoms with E-state index in [0.717, 1.165) is 18.9 Å². The SMILES string of the molecule is CN1CCC(C(N(C)C)C(C)(C)CCN)C1. The van der Waals surface area contributed by atoms with E-state index < -0.39 is 0 Å². The Kier molecular flexibility index (Phi) is 4.77. The Hall–Kier alpha value is -0.120. The third kappa shape index (κ3) is 3.19. The number of likely N-dealkylation sites (tertiary alicyclic amines) is 1. The van der Waals surface area contributed by atoms with Gasteiger partial charge < -0.3 is 15.5 Å². The molecular formula is C13H29N3. The molecule has 0 bridgehead atoms. The molecule has 2 atom stereocenters. The van der Waals surface area contributed by atoms with Crippen LogP contribution in [0, 0.1) is 11.3 Å². The first kappa shape index (κ1) is 13.9. The molecule has 0 saturated carbocycles. The summed E-state index contributed by atoms with van der Waals surface area (Å²) in [6.45, 7) is 8.00. The summed E-state index contributed by atoms with van der Waals surface area (Å²) in [6, 6.07) is 0.640. The second-order valence-corrected chi connectivity index (χ2v) is 6.25. The molecule has 96 valence electrons. The van der Waals surface area contributed by atoms with E-state index in [9.17, 15) is 0 Å². The monoisotopic (exact) mass is 227 g/mol. The molecule has 3 nitrogen and oxygen atoms in total. The maximum Gasteiger partial charge on any atom is 0.0182 e. The van der Waals surface area contributed by atoms with Crippen molar-refractivity contribution < 1.29 is 0 Å². The van der Waals surface area contributed by atoms with Crippen LogP contribution >= 0.6 is 0 Å². The molecule has 0 radical (unpaired) electrons. The van der Waals surface area contributed by atoms with Gasteiger partial charge in [-0.3, -0.25) is 0 Å². The van der Waals surface area contributed by atoms with E-state index >= 15 is 0 Å². The standard InChI is InChI=1S/C13H29N3/c1-13(2,7-8-14)12(15(3)4)11-6-9-16(5)10-11/h11-12H,6-10,14H2,1-5H3. The van der Waals surface area contributed by atoms with E-state index in [1.807, 2.05) is 0 Å². The minimum atomic E-state index is 0.314. The first-order valence-electron chi connectivity index (χ1n) is 6.43. The molecule has 2 unspecified atom stereocenters.